The first-order valence-corrected chi connectivity index (χ1v) is 10.8. The molecule has 1 amide bonds. The third kappa shape index (κ3) is 16.2. The Morgan fingerprint density at radius 1 is 0.964 bits per heavy atom. The van der Waals surface area contributed by atoms with Crippen LogP contribution in [0, 0.1) is 11.8 Å². The van der Waals surface area contributed by atoms with Gasteiger partial charge in [-0.15, -0.1) is 12.5 Å². The average molecular weight is 394 g/mol. The summed E-state index contributed by atoms with van der Waals surface area (Å²) in [5.74, 6) is 4.80. The van der Waals surface area contributed by atoms with E-state index in [-0.39, 0.29) is 6.61 Å². The van der Waals surface area contributed by atoms with Gasteiger partial charge in [0, 0.05) is 0 Å². The summed E-state index contributed by atoms with van der Waals surface area (Å²) >= 11 is 0. The van der Waals surface area contributed by atoms with Gasteiger partial charge in [-0.1, -0.05) is 83.1 Å². The number of nitrogens with one attached hydrogen (secondary N) is 1. The van der Waals surface area contributed by atoms with Gasteiger partial charge in [0.15, 0.2) is 6.61 Å². The molecule has 0 radical (unpaired) electrons. The SMILES string of the molecule is C=CCC(NC(=O)OCC#CC)C(=O)OCCCCCCCCCCCCC. The smallest absolute Gasteiger partial charge is 0.408 e. The van der Waals surface area contributed by atoms with E-state index in [0.717, 1.165) is 12.8 Å². The van der Waals surface area contributed by atoms with Gasteiger partial charge in [0.1, 0.15) is 6.04 Å². The van der Waals surface area contributed by atoms with Gasteiger partial charge in [-0.05, 0) is 19.8 Å². The second-order valence-electron chi connectivity index (χ2n) is 6.93. The topological polar surface area (TPSA) is 64.6 Å². The Bertz CT molecular complexity index is 479. The Morgan fingerprint density at radius 3 is 2.07 bits per heavy atom. The van der Waals surface area contributed by atoms with Crippen LogP contribution in [0.2, 0.25) is 0 Å². The maximum Gasteiger partial charge on any atom is 0.408 e. The molecule has 0 rings (SSSR count). The van der Waals surface area contributed by atoms with Gasteiger partial charge in [-0.25, -0.2) is 9.59 Å². The number of carbonyl (C=O) groups is 2. The normalized spacial score (nSPS) is 11.1. The molecule has 5 nitrogen and oxygen atoms in total. The molecule has 0 aromatic rings. The van der Waals surface area contributed by atoms with Crippen LogP contribution in [0.15, 0.2) is 12.7 Å². The van der Waals surface area contributed by atoms with E-state index in [1.54, 1.807) is 13.0 Å². The summed E-state index contributed by atoms with van der Waals surface area (Å²) in [7, 11) is 0. The molecule has 0 saturated heterocycles. The van der Waals surface area contributed by atoms with Gasteiger partial charge >= 0.3 is 12.1 Å². The second-order valence-corrected chi connectivity index (χ2v) is 6.93. The van der Waals surface area contributed by atoms with Crippen molar-refractivity contribution in [1.82, 2.24) is 5.32 Å². The summed E-state index contributed by atoms with van der Waals surface area (Å²) in [5.41, 5.74) is 0. The van der Waals surface area contributed by atoms with Gasteiger partial charge in [0.2, 0.25) is 0 Å². The number of hydrogen-bond acceptors (Lipinski definition) is 4. The third-order valence-corrected chi connectivity index (χ3v) is 4.42. The van der Waals surface area contributed by atoms with Crippen molar-refractivity contribution < 1.29 is 19.1 Å². The second kappa shape index (κ2) is 19.8. The molecule has 0 bridgehead atoms. The molecule has 0 aromatic carbocycles. The van der Waals surface area contributed by atoms with Crippen LogP contribution < -0.4 is 5.32 Å². The zero-order valence-electron chi connectivity index (χ0n) is 17.9. The van der Waals surface area contributed by atoms with Crippen molar-refractivity contribution >= 4 is 12.1 Å². The number of esters is 1. The fraction of sp³-hybridized carbons (Fsp3) is 0.739. The summed E-state index contributed by atoms with van der Waals surface area (Å²) in [6.07, 6.45) is 14.9. The Kier molecular flexibility index (Phi) is 18.4. The molecule has 0 aliphatic rings. The van der Waals surface area contributed by atoms with Gasteiger partial charge in [-0.2, -0.15) is 0 Å². The zero-order chi connectivity index (χ0) is 20.9. The van der Waals surface area contributed by atoms with Crippen molar-refractivity contribution in [1.29, 1.82) is 0 Å². The summed E-state index contributed by atoms with van der Waals surface area (Å²) in [6.45, 7) is 7.88. The van der Waals surface area contributed by atoms with E-state index >= 15 is 0 Å². The maximum absolute atomic E-state index is 12.1. The summed E-state index contributed by atoms with van der Waals surface area (Å²) in [6, 6.07) is -0.771. The highest BCUT2D eigenvalue weighted by atomic mass is 16.6. The lowest BCUT2D eigenvalue weighted by Crippen LogP contribution is -2.42. The molecule has 0 aliphatic carbocycles. The van der Waals surface area contributed by atoms with Crippen LogP contribution in [-0.4, -0.2) is 31.3 Å². The van der Waals surface area contributed by atoms with Crippen molar-refractivity contribution in [2.75, 3.05) is 13.2 Å². The largest absolute Gasteiger partial charge is 0.464 e. The van der Waals surface area contributed by atoms with E-state index in [9.17, 15) is 9.59 Å². The van der Waals surface area contributed by atoms with E-state index in [1.165, 1.54) is 57.8 Å². The zero-order valence-corrected chi connectivity index (χ0v) is 17.9. The standard InChI is InChI=1S/C23H39NO4/c1-4-7-9-10-11-12-13-14-15-16-17-20-27-22(25)21(18-6-3)24-23(26)28-19-8-5-2/h6,21H,3-4,7,9-20H2,1-2H3,(H,24,26). The number of ether oxygens (including phenoxy) is 2. The first kappa shape index (κ1) is 26.0. The number of alkyl carbamates (subject to hydrolysis) is 1. The molecule has 0 aromatic heterocycles. The first-order chi connectivity index (χ1) is 13.7. The van der Waals surface area contributed by atoms with Crippen LogP contribution in [0.4, 0.5) is 4.79 Å². The molecule has 0 aliphatic heterocycles. The third-order valence-electron chi connectivity index (χ3n) is 4.42. The highest BCUT2D eigenvalue weighted by molar-refractivity contribution is 5.81. The molecule has 160 valence electrons. The van der Waals surface area contributed by atoms with Gasteiger partial charge in [0.25, 0.3) is 0 Å². The maximum atomic E-state index is 12.1. The molecule has 1 atom stereocenters. The molecule has 28 heavy (non-hydrogen) atoms. The number of unbranched alkanes of at least 4 members (excludes halogenated alkanes) is 10. The minimum Gasteiger partial charge on any atom is -0.464 e. The lowest BCUT2D eigenvalue weighted by atomic mass is 10.1. The van der Waals surface area contributed by atoms with Crippen LogP contribution in [0.5, 0.6) is 0 Å². The highest BCUT2D eigenvalue weighted by Crippen LogP contribution is 2.11. The number of amides is 1. The lowest BCUT2D eigenvalue weighted by molar-refractivity contribution is -0.146. The Hall–Kier alpha value is -1.96. The highest BCUT2D eigenvalue weighted by Gasteiger charge is 2.21. The minimum atomic E-state index is -0.771. The molecular formula is C23H39NO4. The molecule has 5 heteroatoms. The summed E-state index contributed by atoms with van der Waals surface area (Å²) in [4.78, 5) is 23.8. The van der Waals surface area contributed by atoms with Gasteiger partial charge in [0.05, 0.1) is 6.61 Å². The van der Waals surface area contributed by atoms with E-state index in [0.29, 0.717) is 13.0 Å². The van der Waals surface area contributed by atoms with E-state index < -0.39 is 18.1 Å². The first-order valence-electron chi connectivity index (χ1n) is 10.8. The fourth-order valence-electron chi connectivity index (χ4n) is 2.78. The molecule has 1 unspecified atom stereocenters. The minimum absolute atomic E-state index is 0.00305. The van der Waals surface area contributed by atoms with Crippen LogP contribution >= 0.6 is 0 Å². The van der Waals surface area contributed by atoms with Crippen LogP contribution in [0.1, 0.15) is 90.9 Å². The van der Waals surface area contributed by atoms with Crippen LogP contribution in [0.3, 0.4) is 0 Å². The fourth-order valence-corrected chi connectivity index (χ4v) is 2.78. The van der Waals surface area contributed by atoms with Crippen molar-refractivity contribution in [2.45, 2.75) is 96.9 Å². The molecule has 0 saturated carbocycles. The Labute approximate surface area is 171 Å². The summed E-state index contributed by atoms with van der Waals surface area (Å²) in [5, 5.41) is 2.50. The Balaban J connectivity index is 3.75. The van der Waals surface area contributed by atoms with Crippen molar-refractivity contribution in [2.24, 2.45) is 0 Å². The number of rotatable bonds is 17. The number of carbonyl (C=O) groups excluding carboxylic acids is 2. The van der Waals surface area contributed by atoms with E-state index in [2.05, 4.69) is 30.7 Å². The molecule has 0 heterocycles. The summed E-state index contributed by atoms with van der Waals surface area (Å²) < 4.78 is 10.1. The molecular weight excluding hydrogens is 354 g/mol. The average Bonchev–Trinajstić information content (AvgIpc) is 2.68. The monoisotopic (exact) mass is 393 g/mol. The Morgan fingerprint density at radius 2 is 1.54 bits per heavy atom. The quantitative estimate of drug-likeness (QED) is 0.153. The van der Waals surface area contributed by atoms with E-state index in [1.807, 2.05) is 0 Å². The molecule has 1 N–H and O–H groups in total. The lowest BCUT2D eigenvalue weighted by Gasteiger charge is -2.15. The molecule has 0 spiro atoms. The predicted octanol–water partition coefficient (Wildman–Crippen LogP) is 5.53. The van der Waals surface area contributed by atoms with Gasteiger partial charge < -0.3 is 14.8 Å². The van der Waals surface area contributed by atoms with Gasteiger partial charge in [-0.3, -0.25) is 0 Å². The van der Waals surface area contributed by atoms with E-state index in [4.69, 9.17) is 9.47 Å². The predicted molar refractivity (Wildman–Crippen MR) is 114 cm³/mol. The van der Waals surface area contributed by atoms with Crippen molar-refractivity contribution in [3.63, 3.8) is 0 Å². The van der Waals surface area contributed by atoms with Crippen molar-refractivity contribution in [3.05, 3.63) is 12.7 Å². The van der Waals surface area contributed by atoms with Crippen LogP contribution in [0.25, 0.3) is 0 Å². The number of hydrogen-bond donors (Lipinski definition) is 1. The molecule has 0 fully saturated rings. The van der Waals surface area contributed by atoms with Crippen molar-refractivity contribution in [3.8, 4) is 11.8 Å². The van der Waals surface area contributed by atoms with Crippen LogP contribution in [-0.2, 0) is 14.3 Å².